The normalized spacial score (nSPS) is 29.1. The van der Waals surface area contributed by atoms with Gasteiger partial charge in [-0.3, -0.25) is 9.59 Å². The zero-order chi connectivity index (χ0) is 26.1. The van der Waals surface area contributed by atoms with E-state index in [-0.39, 0.29) is 22.9 Å². The molecular formula is C25H27F5N4O2. The molecule has 2 saturated carbocycles. The lowest BCUT2D eigenvalue weighted by Crippen LogP contribution is -2.32. The van der Waals surface area contributed by atoms with Gasteiger partial charge >= 0.3 is 0 Å². The molecule has 0 radical (unpaired) electrons. The van der Waals surface area contributed by atoms with Crippen LogP contribution in [0.4, 0.5) is 27.6 Å². The molecule has 2 aromatic rings. The zero-order valence-corrected chi connectivity index (χ0v) is 19.9. The van der Waals surface area contributed by atoms with Crippen LogP contribution in [0.3, 0.4) is 0 Å². The molecule has 0 unspecified atom stereocenters. The fraction of sp³-hybridized carbons (Fsp3) is 0.520. The maximum Gasteiger partial charge on any atom is 0.273 e. The van der Waals surface area contributed by atoms with Gasteiger partial charge in [-0.25, -0.2) is 22.0 Å². The smallest absolute Gasteiger partial charge is 0.273 e. The van der Waals surface area contributed by atoms with Crippen LogP contribution in [0.5, 0.6) is 0 Å². The number of likely N-dealkylation sites (tertiary alicyclic amines) is 1. The number of hydrogen-bond donors (Lipinski definition) is 2. The van der Waals surface area contributed by atoms with Gasteiger partial charge in [0.05, 0.1) is 22.9 Å². The van der Waals surface area contributed by atoms with Crippen LogP contribution in [0.15, 0.2) is 35.3 Å². The monoisotopic (exact) mass is 510 g/mol. The number of fused-ring (bicyclic) bond motifs is 1. The van der Waals surface area contributed by atoms with E-state index in [1.54, 1.807) is 0 Å². The molecule has 2 heterocycles. The minimum absolute atomic E-state index is 0.0416. The van der Waals surface area contributed by atoms with Crippen molar-refractivity contribution in [2.75, 3.05) is 25.5 Å². The average Bonchev–Trinajstić information content (AvgIpc) is 3.48. The number of halogens is 5. The Morgan fingerprint density at radius 1 is 1.17 bits per heavy atom. The molecule has 1 amide bonds. The van der Waals surface area contributed by atoms with E-state index in [9.17, 15) is 31.5 Å². The number of nitrogens with one attached hydrogen (secondary N) is 2. The number of carbonyl (C=O) groups excluding carboxylic acids is 1. The number of nitrogens with zero attached hydrogens (tertiary/aromatic N) is 2. The van der Waals surface area contributed by atoms with E-state index < -0.39 is 53.2 Å². The van der Waals surface area contributed by atoms with Crippen LogP contribution >= 0.6 is 0 Å². The third-order valence-electron chi connectivity index (χ3n) is 7.80. The molecule has 36 heavy (non-hydrogen) atoms. The van der Waals surface area contributed by atoms with Crippen molar-refractivity contribution in [2.24, 2.45) is 17.8 Å². The van der Waals surface area contributed by atoms with Gasteiger partial charge in [0.15, 0.2) is 0 Å². The zero-order valence-electron chi connectivity index (χ0n) is 19.9. The first-order chi connectivity index (χ1) is 16.9. The molecule has 1 aromatic carbocycles. The third-order valence-corrected chi connectivity index (χ3v) is 7.80. The standard InChI is InChI=1S/C25H27F5N4O2/c1-11-22(25(11,29)30)34-10-17(18(7-19(34)35)32-21-15-8-33(3)9-16(15)21)24(36)31-12(2)13-5-4-6-14(20(13)26)23(27)28/h4-7,10-12,15-16,21-23,32H,8-9H2,1-3H3,(H,31,36)/t11-,12+,15-,16+,21+,22-/m0/s1. The summed E-state index contributed by atoms with van der Waals surface area (Å²) in [6, 6.07) is 2.36. The van der Waals surface area contributed by atoms with E-state index in [4.69, 9.17) is 0 Å². The minimum atomic E-state index is -3.07. The van der Waals surface area contributed by atoms with Gasteiger partial charge in [0.2, 0.25) is 0 Å². The van der Waals surface area contributed by atoms with Gasteiger partial charge < -0.3 is 20.1 Å². The highest BCUT2D eigenvalue weighted by Gasteiger charge is 2.67. The highest BCUT2D eigenvalue weighted by Crippen LogP contribution is 2.58. The van der Waals surface area contributed by atoms with Gasteiger partial charge in [-0.15, -0.1) is 0 Å². The second-order valence-corrected chi connectivity index (χ2v) is 10.2. The third kappa shape index (κ3) is 4.07. The lowest BCUT2D eigenvalue weighted by atomic mass is 10.0. The van der Waals surface area contributed by atoms with Crippen molar-refractivity contribution in [3.63, 3.8) is 0 Å². The Labute approximate surface area is 204 Å². The van der Waals surface area contributed by atoms with E-state index in [1.807, 2.05) is 7.05 Å². The Kier molecular flexibility index (Phi) is 5.89. The van der Waals surface area contributed by atoms with Gasteiger partial charge in [-0.1, -0.05) is 25.1 Å². The molecule has 5 rings (SSSR count). The number of benzene rings is 1. The van der Waals surface area contributed by atoms with Gasteiger partial charge in [0, 0.05) is 42.9 Å². The second-order valence-electron chi connectivity index (χ2n) is 10.2. The van der Waals surface area contributed by atoms with Crippen LogP contribution in [0.1, 0.15) is 53.8 Å². The number of amides is 1. The van der Waals surface area contributed by atoms with Crippen molar-refractivity contribution in [3.05, 3.63) is 63.3 Å². The summed E-state index contributed by atoms with van der Waals surface area (Å²) in [5.74, 6) is -5.28. The van der Waals surface area contributed by atoms with Crippen molar-refractivity contribution >= 4 is 11.6 Å². The molecule has 2 aliphatic carbocycles. The number of pyridine rings is 1. The van der Waals surface area contributed by atoms with E-state index >= 15 is 0 Å². The predicted octanol–water partition coefficient (Wildman–Crippen LogP) is 4.21. The van der Waals surface area contributed by atoms with Crippen LogP contribution < -0.4 is 16.2 Å². The fourth-order valence-corrected chi connectivity index (χ4v) is 5.51. The molecule has 0 spiro atoms. The lowest BCUT2D eigenvalue weighted by Gasteiger charge is -2.20. The van der Waals surface area contributed by atoms with E-state index in [1.165, 1.54) is 26.0 Å². The number of carbonyl (C=O) groups is 1. The maximum atomic E-state index is 14.6. The largest absolute Gasteiger partial charge is 0.381 e. The van der Waals surface area contributed by atoms with Crippen molar-refractivity contribution < 1.29 is 26.7 Å². The fourth-order valence-electron chi connectivity index (χ4n) is 5.51. The number of piperidine rings is 1. The van der Waals surface area contributed by atoms with Gasteiger partial charge in [0.1, 0.15) is 11.9 Å². The molecule has 2 N–H and O–H groups in total. The predicted molar refractivity (Wildman–Crippen MR) is 123 cm³/mol. The van der Waals surface area contributed by atoms with E-state index in [0.29, 0.717) is 11.8 Å². The first kappa shape index (κ1) is 24.7. The van der Waals surface area contributed by atoms with Crippen molar-refractivity contribution in [3.8, 4) is 0 Å². The van der Waals surface area contributed by atoms with Crippen LogP contribution in [-0.4, -0.2) is 47.5 Å². The van der Waals surface area contributed by atoms with E-state index in [0.717, 1.165) is 36.0 Å². The summed E-state index contributed by atoms with van der Waals surface area (Å²) in [7, 11) is 2.00. The number of rotatable bonds is 7. The summed E-state index contributed by atoms with van der Waals surface area (Å²) < 4.78 is 69.9. The molecule has 3 aliphatic rings. The maximum absolute atomic E-state index is 14.6. The summed E-state index contributed by atoms with van der Waals surface area (Å²) in [4.78, 5) is 28.2. The summed E-state index contributed by atoms with van der Waals surface area (Å²) in [6.07, 6.45) is -1.91. The van der Waals surface area contributed by atoms with Crippen molar-refractivity contribution in [1.82, 2.24) is 14.8 Å². The Balaban J connectivity index is 1.44. The molecule has 0 bridgehead atoms. The molecule has 1 saturated heterocycles. The van der Waals surface area contributed by atoms with Gasteiger partial charge in [-0.05, 0) is 25.8 Å². The minimum Gasteiger partial charge on any atom is -0.381 e. The summed E-state index contributed by atoms with van der Waals surface area (Å²) in [5, 5.41) is 5.81. The van der Waals surface area contributed by atoms with Crippen LogP contribution in [0.25, 0.3) is 0 Å². The highest BCUT2D eigenvalue weighted by atomic mass is 19.3. The summed E-state index contributed by atoms with van der Waals surface area (Å²) in [5.41, 5.74) is -1.40. The highest BCUT2D eigenvalue weighted by molar-refractivity contribution is 5.99. The quantitative estimate of drug-likeness (QED) is 0.548. The van der Waals surface area contributed by atoms with E-state index in [2.05, 4.69) is 15.5 Å². The second kappa shape index (κ2) is 8.57. The molecule has 3 fully saturated rings. The summed E-state index contributed by atoms with van der Waals surface area (Å²) in [6.45, 7) is 4.49. The SMILES string of the molecule is C[C@@H](NC(=O)c1cn([C@H]2[C@H](C)C2(F)F)c(=O)cc1N[C@H]1[C@@H]2CN(C)C[C@@H]21)c1cccc(C(F)F)c1F. The Hall–Kier alpha value is -2.95. The molecule has 1 aromatic heterocycles. The molecule has 11 heteroatoms. The number of anilines is 1. The van der Waals surface area contributed by atoms with Crippen LogP contribution in [0, 0.1) is 23.6 Å². The number of aromatic nitrogens is 1. The van der Waals surface area contributed by atoms with Crippen LogP contribution in [0.2, 0.25) is 0 Å². The first-order valence-corrected chi connectivity index (χ1v) is 11.9. The Morgan fingerprint density at radius 2 is 1.78 bits per heavy atom. The Morgan fingerprint density at radius 3 is 2.36 bits per heavy atom. The first-order valence-electron chi connectivity index (χ1n) is 11.9. The Bertz CT molecular complexity index is 1250. The van der Waals surface area contributed by atoms with Crippen molar-refractivity contribution in [1.29, 1.82) is 0 Å². The number of alkyl halides is 4. The topological polar surface area (TPSA) is 66.4 Å². The molecule has 1 aliphatic heterocycles. The van der Waals surface area contributed by atoms with Gasteiger partial charge in [-0.2, -0.15) is 0 Å². The van der Waals surface area contributed by atoms with Crippen molar-refractivity contribution in [2.45, 2.75) is 44.3 Å². The number of hydrogen-bond acceptors (Lipinski definition) is 4. The summed E-state index contributed by atoms with van der Waals surface area (Å²) >= 11 is 0. The van der Waals surface area contributed by atoms with Gasteiger partial charge in [0.25, 0.3) is 23.8 Å². The molecular weight excluding hydrogens is 483 g/mol. The molecule has 194 valence electrons. The average molecular weight is 511 g/mol. The molecule has 6 atom stereocenters. The lowest BCUT2D eigenvalue weighted by molar-refractivity contribution is 0.0868. The van der Waals surface area contributed by atoms with Crippen LogP contribution in [-0.2, 0) is 0 Å². The molecule has 6 nitrogen and oxygen atoms in total.